The van der Waals surface area contributed by atoms with E-state index in [2.05, 4.69) is 123 Å². The van der Waals surface area contributed by atoms with Crippen molar-refractivity contribution in [2.24, 2.45) is 11.8 Å². The molecule has 0 unspecified atom stereocenters. The lowest BCUT2D eigenvalue weighted by Crippen LogP contribution is -2.13. The minimum Gasteiger partial charge on any atom is -0.493 e. The van der Waals surface area contributed by atoms with Gasteiger partial charge in [-0.05, 0) is 194 Å². The van der Waals surface area contributed by atoms with E-state index in [0.717, 1.165) is 79.0 Å². The molecule has 0 N–H and O–H groups in total. The maximum Gasteiger partial charge on any atom is 0.128 e. The minimum absolute atomic E-state index is 0.557. The van der Waals surface area contributed by atoms with Gasteiger partial charge in [-0.1, -0.05) is 102 Å². The molecule has 6 aromatic carbocycles. The summed E-state index contributed by atoms with van der Waals surface area (Å²) in [5.74, 6) is 8.20. The fourth-order valence-corrected chi connectivity index (χ4v) is 10.6. The Morgan fingerprint density at radius 3 is 1.16 bits per heavy atom. The number of ether oxygens (including phenoxy) is 4. The zero-order valence-corrected chi connectivity index (χ0v) is 38.1. The van der Waals surface area contributed by atoms with Gasteiger partial charge >= 0.3 is 0 Å². The molecule has 0 atom stereocenters. The highest BCUT2D eigenvalue weighted by Gasteiger charge is 2.24. The highest BCUT2D eigenvalue weighted by atomic mass is 16.5. The SMILES string of the molecule is CCCCCC1CCC(c2ccc(Oc3ccc4c(-c5c(OCC)ccc6cc(Oc7ccc(C8CCC(CCCCC)CC8)cc7)ccc56)c(OCC)ccc4c3)cc2)CC1. The summed E-state index contributed by atoms with van der Waals surface area (Å²) < 4.78 is 25.7. The maximum absolute atomic E-state index is 6.50. The van der Waals surface area contributed by atoms with Crippen molar-refractivity contribution >= 4 is 21.5 Å². The van der Waals surface area contributed by atoms with Gasteiger partial charge in [-0.25, -0.2) is 0 Å². The van der Waals surface area contributed by atoms with Gasteiger partial charge in [0.25, 0.3) is 0 Å². The van der Waals surface area contributed by atoms with Gasteiger partial charge in [-0.3, -0.25) is 0 Å². The van der Waals surface area contributed by atoms with E-state index in [-0.39, 0.29) is 0 Å². The Labute approximate surface area is 372 Å². The summed E-state index contributed by atoms with van der Waals surface area (Å²) in [5.41, 5.74) is 4.94. The van der Waals surface area contributed by atoms with Gasteiger partial charge in [0.2, 0.25) is 0 Å². The van der Waals surface area contributed by atoms with Crippen LogP contribution in [0, 0.1) is 11.8 Å². The third-order valence-corrected chi connectivity index (χ3v) is 14.1. The van der Waals surface area contributed by atoms with Crippen LogP contribution in [0.5, 0.6) is 34.5 Å². The first-order valence-corrected chi connectivity index (χ1v) is 24.5. The van der Waals surface area contributed by atoms with Crippen molar-refractivity contribution in [3.8, 4) is 45.6 Å². The van der Waals surface area contributed by atoms with E-state index in [1.54, 1.807) is 0 Å². The Bertz CT molecular complexity index is 2160. The lowest BCUT2D eigenvalue weighted by Gasteiger charge is -2.29. The molecule has 2 aliphatic rings. The maximum atomic E-state index is 6.50. The van der Waals surface area contributed by atoms with E-state index >= 15 is 0 Å². The highest BCUT2D eigenvalue weighted by molar-refractivity contribution is 6.10. The number of unbranched alkanes of at least 4 members (excludes halogenated alkanes) is 4. The van der Waals surface area contributed by atoms with Crippen LogP contribution in [-0.2, 0) is 0 Å². The van der Waals surface area contributed by atoms with Crippen LogP contribution in [0.25, 0.3) is 32.7 Å². The first kappa shape index (κ1) is 43.7. The Hall–Kier alpha value is -4.96. The minimum atomic E-state index is 0.557. The molecule has 8 rings (SSSR count). The molecule has 0 heterocycles. The number of hydrogen-bond acceptors (Lipinski definition) is 4. The summed E-state index contributed by atoms with van der Waals surface area (Å²) in [6.07, 6.45) is 21.7. The van der Waals surface area contributed by atoms with E-state index in [1.165, 1.54) is 114 Å². The number of hydrogen-bond donors (Lipinski definition) is 0. The van der Waals surface area contributed by atoms with Crippen LogP contribution in [0.15, 0.2) is 109 Å². The lowest BCUT2D eigenvalue weighted by molar-refractivity contribution is 0.302. The molecular weight excluding hydrogens is 761 g/mol. The second-order valence-corrected chi connectivity index (χ2v) is 18.3. The second-order valence-electron chi connectivity index (χ2n) is 18.3. The van der Waals surface area contributed by atoms with Crippen molar-refractivity contribution in [3.63, 3.8) is 0 Å². The highest BCUT2D eigenvalue weighted by Crippen LogP contribution is 2.47. The molecule has 0 spiro atoms. The molecule has 0 saturated heterocycles. The van der Waals surface area contributed by atoms with Gasteiger partial charge in [0, 0.05) is 11.1 Å². The molecule has 0 aromatic heterocycles. The van der Waals surface area contributed by atoms with Crippen LogP contribution in [0.3, 0.4) is 0 Å². The zero-order valence-electron chi connectivity index (χ0n) is 38.1. The summed E-state index contributed by atoms with van der Waals surface area (Å²) in [5, 5.41) is 4.33. The van der Waals surface area contributed by atoms with Crippen LogP contribution >= 0.6 is 0 Å². The van der Waals surface area contributed by atoms with Crippen molar-refractivity contribution in [1.29, 1.82) is 0 Å². The van der Waals surface area contributed by atoms with Crippen LogP contribution in [-0.4, -0.2) is 13.2 Å². The predicted molar refractivity (Wildman–Crippen MR) is 260 cm³/mol. The Morgan fingerprint density at radius 2 is 0.790 bits per heavy atom. The van der Waals surface area contributed by atoms with Crippen molar-refractivity contribution in [1.82, 2.24) is 0 Å². The van der Waals surface area contributed by atoms with Gasteiger partial charge < -0.3 is 18.9 Å². The summed E-state index contributed by atoms with van der Waals surface area (Å²) in [6, 6.07) is 39.0. The van der Waals surface area contributed by atoms with Gasteiger partial charge in [-0.15, -0.1) is 0 Å². The van der Waals surface area contributed by atoms with Gasteiger partial charge in [0.1, 0.15) is 34.5 Å². The summed E-state index contributed by atoms with van der Waals surface area (Å²) >= 11 is 0. The first-order chi connectivity index (χ1) is 30.5. The molecule has 0 amide bonds. The van der Waals surface area contributed by atoms with Crippen LogP contribution < -0.4 is 18.9 Å². The molecule has 0 bridgehead atoms. The number of fused-ring (bicyclic) bond motifs is 2. The smallest absolute Gasteiger partial charge is 0.128 e. The van der Waals surface area contributed by atoms with Crippen molar-refractivity contribution in [2.45, 2.75) is 142 Å². The van der Waals surface area contributed by atoms with Crippen LogP contribution in [0.2, 0.25) is 0 Å². The first-order valence-electron chi connectivity index (χ1n) is 24.5. The second kappa shape index (κ2) is 21.4. The third kappa shape index (κ3) is 10.6. The summed E-state index contributed by atoms with van der Waals surface area (Å²) in [7, 11) is 0. The molecule has 4 nitrogen and oxygen atoms in total. The van der Waals surface area contributed by atoms with E-state index < -0.39 is 0 Å². The normalized spacial score (nSPS) is 19.1. The fourth-order valence-electron chi connectivity index (χ4n) is 10.6. The van der Waals surface area contributed by atoms with Crippen LogP contribution in [0.1, 0.15) is 153 Å². The number of rotatable bonds is 19. The van der Waals surface area contributed by atoms with Gasteiger partial charge in [-0.2, -0.15) is 0 Å². The largest absolute Gasteiger partial charge is 0.493 e. The molecule has 0 radical (unpaired) electrons. The average Bonchev–Trinajstić information content (AvgIpc) is 3.30. The Kier molecular flexibility index (Phi) is 15.1. The molecule has 0 aliphatic heterocycles. The standard InChI is InChI=1S/C58H70O4/c1-5-9-11-13-41-15-19-43(20-16-41)45-23-29-49(30-24-45)61-51-33-35-53-47(39-51)27-37-55(59-7-3)57(53)58-54-36-34-52(40-48(54)28-38-56(58)60-8-4)62-50-31-25-46(26-32-50)44-21-17-42(18-22-44)14-12-10-6-2/h23-44H,5-22H2,1-4H3. The molecule has 326 valence electrons. The molecule has 62 heavy (non-hydrogen) atoms. The monoisotopic (exact) mass is 831 g/mol. The molecule has 6 aromatic rings. The van der Waals surface area contributed by atoms with E-state index in [1.807, 2.05) is 13.8 Å². The average molecular weight is 831 g/mol. The van der Waals surface area contributed by atoms with Crippen molar-refractivity contribution < 1.29 is 18.9 Å². The van der Waals surface area contributed by atoms with Crippen molar-refractivity contribution in [2.75, 3.05) is 13.2 Å². The van der Waals surface area contributed by atoms with E-state index in [9.17, 15) is 0 Å². The quantitative estimate of drug-likeness (QED) is 0.0762. The molecule has 4 heteroatoms. The van der Waals surface area contributed by atoms with Crippen LogP contribution in [0.4, 0.5) is 0 Å². The summed E-state index contributed by atoms with van der Waals surface area (Å²) in [6.45, 7) is 9.80. The molecule has 2 aliphatic carbocycles. The molecule has 2 saturated carbocycles. The topological polar surface area (TPSA) is 36.9 Å². The van der Waals surface area contributed by atoms with Gasteiger partial charge in [0.05, 0.1) is 13.2 Å². The lowest BCUT2D eigenvalue weighted by atomic mass is 9.77. The Morgan fingerprint density at radius 1 is 0.403 bits per heavy atom. The summed E-state index contributed by atoms with van der Waals surface area (Å²) in [4.78, 5) is 0. The fraction of sp³-hybridized carbons (Fsp3) is 0.448. The van der Waals surface area contributed by atoms with E-state index in [0.29, 0.717) is 25.0 Å². The van der Waals surface area contributed by atoms with E-state index in [4.69, 9.17) is 18.9 Å². The Balaban J connectivity index is 0.998. The molecule has 2 fully saturated rings. The molecular formula is C58H70O4. The van der Waals surface area contributed by atoms with Crippen molar-refractivity contribution in [3.05, 3.63) is 120 Å². The number of benzene rings is 6. The zero-order chi connectivity index (χ0) is 42.7. The third-order valence-electron chi connectivity index (χ3n) is 14.1. The van der Waals surface area contributed by atoms with Gasteiger partial charge in [0.15, 0.2) is 0 Å². The predicted octanol–water partition coefficient (Wildman–Crippen LogP) is 17.8.